The Hall–Kier alpha value is -3.55. The van der Waals surface area contributed by atoms with Crippen LogP contribution in [0.15, 0.2) is 42.5 Å². The fraction of sp³-hybridized carbons (Fsp3) is 0.516. The number of primary amides is 1. The highest BCUT2D eigenvalue weighted by molar-refractivity contribution is 5.94. The molecule has 1 saturated heterocycles. The number of nitrogens with zero attached hydrogens (tertiary/aromatic N) is 1. The van der Waals surface area contributed by atoms with Gasteiger partial charge in [-0.25, -0.2) is 0 Å². The van der Waals surface area contributed by atoms with Crippen molar-refractivity contribution in [2.75, 3.05) is 20.8 Å². The number of aryl methyl sites for hydroxylation is 1. The Bertz CT molecular complexity index is 1160. The number of carbonyl (C=O) groups excluding carboxylic acids is 3. The molecule has 0 bridgehead atoms. The summed E-state index contributed by atoms with van der Waals surface area (Å²) >= 11 is 0. The first kappa shape index (κ1) is 28.5. The van der Waals surface area contributed by atoms with Gasteiger partial charge in [0, 0.05) is 6.54 Å². The first-order valence-corrected chi connectivity index (χ1v) is 14.0. The van der Waals surface area contributed by atoms with Crippen molar-refractivity contribution in [3.05, 3.63) is 59.2 Å². The molecule has 1 heterocycles. The molecule has 4 rings (SSSR count). The van der Waals surface area contributed by atoms with Crippen LogP contribution in [0.2, 0.25) is 0 Å². The van der Waals surface area contributed by atoms with Gasteiger partial charge in [0.25, 0.3) is 0 Å². The average molecular weight is 536 g/mol. The summed E-state index contributed by atoms with van der Waals surface area (Å²) in [6.07, 6.45) is 7.47. The van der Waals surface area contributed by atoms with Gasteiger partial charge in [-0.05, 0) is 67.7 Å². The Labute approximate surface area is 231 Å². The summed E-state index contributed by atoms with van der Waals surface area (Å²) in [5.41, 5.74) is 8.09. The van der Waals surface area contributed by atoms with Gasteiger partial charge in [0.15, 0.2) is 11.5 Å². The van der Waals surface area contributed by atoms with Crippen LogP contribution in [0, 0.1) is 12.8 Å². The largest absolute Gasteiger partial charge is 0.493 e. The van der Waals surface area contributed by atoms with Crippen molar-refractivity contribution < 1.29 is 23.9 Å². The molecule has 2 aromatic carbocycles. The minimum Gasteiger partial charge on any atom is -0.493 e. The highest BCUT2D eigenvalue weighted by atomic mass is 16.5. The van der Waals surface area contributed by atoms with Crippen LogP contribution in [-0.4, -0.2) is 49.4 Å². The Morgan fingerprint density at radius 2 is 1.62 bits per heavy atom. The highest BCUT2D eigenvalue weighted by Gasteiger charge is 2.40. The maximum absolute atomic E-state index is 14.5. The average Bonchev–Trinajstić information content (AvgIpc) is 2.96. The van der Waals surface area contributed by atoms with Crippen LogP contribution in [-0.2, 0) is 14.4 Å². The number of carbonyl (C=O) groups is 3. The van der Waals surface area contributed by atoms with Crippen LogP contribution >= 0.6 is 0 Å². The van der Waals surface area contributed by atoms with Gasteiger partial charge in [-0.3, -0.25) is 14.4 Å². The molecule has 0 radical (unpaired) electrons. The second-order valence-electron chi connectivity index (χ2n) is 10.7. The first-order chi connectivity index (χ1) is 18.8. The zero-order valence-electron chi connectivity index (χ0n) is 23.3. The van der Waals surface area contributed by atoms with Gasteiger partial charge >= 0.3 is 0 Å². The summed E-state index contributed by atoms with van der Waals surface area (Å²) in [5.74, 6) is 0.0238. The molecule has 0 unspecified atom stereocenters. The van der Waals surface area contributed by atoms with Crippen molar-refractivity contribution in [1.82, 2.24) is 10.2 Å². The van der Waals surface area contributed by atoms with Crippen LogP contribution < -0.4 is 20.5 Å². The fourth-order valence-corrected chi connectivity index (χ4v) is 6.29. The Morgan fingerprint density at radius 3 is 2.26 bits per heavy atom. The molecule has 2 aliphatic rings. The molecule has 39 heavy (non-hydrogen) atoms. The summed E-state index contributed by atoms with van der Waals surface area (Å²) < 4.78 is 11.2. The third-order valence-electron chi connectivity index (χ3n) is 8.23. The van der Waals surface area contributed by atoms with E-state index in [9.17, 15) is 14.4 Å². The number of piperidine rings is 1. The molecule has 3 N–H and O–H groups in total. The second-order valence-corrected chi connectivity index (χ2v) is 10.7. The van der Waals surface area contributed by atoms with Gasteiger partial charge in [-0.2, -0.15) is 0 Å². The van der Waals surface area contributed by atoms with E-state index < -0.39 is 23.9 Å². The van der Waals surface area contributed by atoms with Crippen molar-refractivity contribution >= 4 is 17.7 Å². The quantitative estimate of drug-likeness (QED) is 0.495. The summed E-state index contributed by atoms with van der Waals surface area (Å²) in [7, 11) is 3.21. The lowest BCUT2D eigenvalue weighted by atomic mass is 9.75. The Morgan fingerprint density at radius 1 is 0.923 bits per heavy atom. The molecule has 0 aromatic heterocycles. The minimum atomic E-state index is -0.958. The molecule has 3 atom stereocenters. The molecule has 8 heteroatoms. The lowest BCUT2D eigenvalue weighted by molar-refractivity contribution is -0.145. The molecule has 1 saturated carbocycles. The van der Waals surface area contributed by atoms with Crippen molar-refractivity contribution in [3.8, 4) is 11.5 Å². The number of rotatable bonds is 9. The number of hydrogen-bond acceptors (Lipinski definition) is 5. The zero-order valence-corrected chi connectivity index (χ0v) is 23.3. The number of nitrogens with two attached hydrogens (primary N) is 1. The van der Waals surface area contributed by atoms with Gasteiger partial charge < -0.3 is 25.4 Å². The maximum Gasteiger partial charge on any atom is 0.244 e. The molecule has 8 nitrogen and oxygen atoms in total. The molecular weight excluding hydrogens is 494 g/mol. The van der Waals surface area contributed by atoms with Crippen LogP contribution in [0.3, 0.4) is 0 Å². The molecule has 0 spiro atoms. The molecule has 1 aliphatic carbocycles. The van der Waals surface area contributed by atoms with Gasteiger partial charge in [0.2, 0.25) is 17.7 Å². The number of benzene rings is 2. The van der Waals surface area contributed by atoms with Crippen molar-refractivity contribution in [2.45, 2.75) is 76.3 Å². The third kappa shape index (κ3) is 6.37. The number of nitrogens with one attached hydrogen (secondary N) is 1. The summed E-state index contributed by atoms with van der Waals surface area (Å²) in [4.78, 5) is 42.1. The lowest BCUT2D eigenvalue weighted by Crippen LogP contribution is -2.55. The molecule has 3 amide bonds. The van der Waals surface area contributed by atoms with Gasteiger partial charge in [-0.1, -0.05) is 55.7 Å². The summed E-state index contributed by atoms with van der Waals surface area (Å²) in [6.45, 7) is 2.46. The third-order valence-corrected chi connectivity index (χ3v) is 8.23. The smallest absolute Gasteiger partial charge is 0.244 e. The molecule has 1 aliphatic heterocycles. The predicted octanol–water partition coefficient (Wildman–Crippen LogP) is 4.40. The van der Waals surface area contributed by atoms with E-state index >= 15 is 0 Å². The predicted molar refractivity (Wildman–Crippen MR) is 149 cm³/mol. The molecule has 2 aromatic rings. The van der Waals surface area contributed by atoms with Gasteiger partial charge in [0.05, 0.1) is 20.1 Å². The van der Waals surface area contributed by atoms with E-state index in [0.29, 0.717) is 30.0 Å². The van der Waals surface area contributed by atoms with E-state index in [4.69, 9.17) is 15.2 Å². The van der Waals surface area contributed by atoms with E-state index in [1.54, 1.807) is 43.4 Å². The standard InChI is InChI=1S/C31H41N3O5/c1-20-18-23(19-25(38-2)28(20)39-3)26(21-12-6-4-7-13-21)31(37)34-17-11-10-16-24(34)30(36)33-27(29(32)35)22-14-8-5-9-15-22/h5,8-9,14-15,18-19,21,24,26-27H,4,6-7,10-13,16-17H2,1-3H3,(H2,32,35)(H,33,36)/t24-,26-,27-/m0/s1. The van der Waals surface area contributed by atoms with E-state index in [1.165, 1.54) is 6.42 Å². The van der Waals surface area contributed by atoms with Gasteiger partial charge in [-0.15, -0.1) is 0 Å². The van der Waals surface area contributed by atoms with E-state index in [-0.39, 0.29) is 17.7 Å². The summed E-state index contributed by atoms with van der Waals surface area (Å²) in [5, 5.41) is 2.84. The summed E-state index contributed by atoms with van der Waals surface area (Å²) in [6, 6.07) is 11.3. The van der Waals surface area contributed by atoms with E-state index in [1.807, 2.05) is 25.1 Å². The van der Waals surface area contributed by atoms with Crippen LogP contribution in [0.5, 0.6) is 11.5 Å². The van der Waals surface area contributed by atoms with E-state index in [2.05, 4.69) is 5.32 Å². The molecule has 2 fully saturated rings. The van der Waals surface area contributed by atoms with Crippen LogP contribution in [0.25, 0.3) is 0 Å². The van der Waals surface area contributed by atoms with E-state index in [0.717, 1.165) is 49.7 Å². The van der Waals surface area contributed by atoms with Crippen molar-refractivity contribution in [2.24, 2.45) is 11.7 Å². The maximum atomic E-state index is 14.5. The first-order valence-electron chi connectivity index (χ1n) is 14.0. The fourth-order valence-electron chi connectivity index (χ4n) is 6.29. The molecular formula is C31H41N3O5. The Balaban J connectivity index is 1.66. The number of ether oxygens (including phenoxy) is 2. The minimum absolute atomic E-state index is 0.0382. The SMILES string of the molecule is COc1cc([C@@H](C(=O)N2CCCC[C@H]2C(=O)N[C@H](C(N)=O)c2ccccc2)C2CCCCC2)cc(C)c1OC. The van der Waals surface area contributed by atoms with Crippen LogP contribution in [0.4, 0.5) is 0 Å². The van der Waals surface area contributed by atoms with Crippen molar-refractivity contribution in [1.29, 1.82) is 0 Å². The van der Waals surface area contributed by atoms with Gasteiger partial charge in [0.1, 0.15) is 12.1 Å². The monoisotopic (exact) mass is 535 g/mol. The lowest BCUT2D eigenvalue weighted by Gasteiger charge is -2.40. The number of hydrogen-bond donors (Lipinski definition) is 2. The topological polar surface area (TPSA) is 111 Å². The van der Waals surface area contributed by atoms with Crippen molar-refractivity contribution in [3.63, 3.8) is 0 Å². The Kier molecular flexibility index (Phi) is 9.49. The normalized spacial score (nSPS) is 19.6. The number of methoxy groups -OCH3 is 2. The van der Waals surface area contributed by atoms with Crippen LogP contribution in [0.1, 0.15) is 80.0 Å². The highest BCUT2D eigenvalue weighted by Crippen LogP contribution is 2.42. The zero-order chi connectivity index (χ0) is 27.9. The number of likely N-dealkylation sites (tertiary alicyclic amines) is 1. The number of amides is 3. The second kappa shape index (κ2) is 13.0. The molecule has 210 valence electrons.